The highest BCUT2D eigenvalue weighted by Crippen LogP contribution is 2.17. The number of rotatable bonds is 2. The van der Waals surface area contributed by atoms with Crippen molar-refractivity contribution in [2.24, 2.45) is 0 Å². The van der Waals surface area contributed by atoms with Crippen LogP contribution in [0.25, 0.3) is 0 Å². The van der Waals surface area contributed by atoms with Gasteiger partial charge in [0.15, 0.2) is 0 Å². The van der Waals surface area contributed by atoms with Crippen LogP contribution in [0.4, 0.5) is 0 Å². The molecule has 1 unspecified atom stereocenters. The molecule has 0 aromatic heterocycles. The third-order valence-electron chi connectivity index (χ3n) is 2.94. The normalized spacial score (nSPS) is 27.1. The topological polar surface area (TPSA) is 41.1 Å². The van der Waals surface area contributed by atoms with E-state index >= 15 is 0 Å². The Balaban J connectivity index is 0.00000112. The summed E-state index contributed by atoms with van der Waals surface area (Å²) in [4.78, 5) is 11.7. The molecule has 3 nitrogen and oxygen atoms in total. The number of hydrogen-bond acceptors (Lipinski definition) is 3. The Morgan fingerprint density at radius 2 is 2.00 bits per heavy atom. The SMILES string of the molecule is Cl.O=C(NC1CCSCC1)C1CCCN1. The molecule has 0 bridgehead atoms. The second-order valence-corrected chi connectivity index (χ2v) is 5.27. The predicted octanol–water partition coefficient (Wildman–Crippen LogP) is 1.17. The third-order valence-corrected chi connectivity index (χ3v) is 3.99. The van der Waals surface area contributed by atoms with E-state index in [1.807, 2.05) is 11.8 Å². The molecule has 2 fully saturated rings. The Morgan fingerprint density at radius 3 is 2.60 bits per heavy atom. The van der Waals surface area contributed by atoms with Crippen LogP contribution in [0.2, 0.25) is 0 Å². The monoisotopic (exact) mass is 250 g/mol. The van der Waals surface area contributed by atoms with E-state index in [9.17, 15) is 4.79 Å². The summed E-state index contributed by atoms with van der Waals surface area (Å²) in [5.74, 6) is 2.62. The molecule has 2 aliphatic heterocycles. The maximum Gasteiger partial charge on any atom is 0.237 e. The second kappa shape index (κ2) is 6.61. The Hall–Kier alpha value is 0.0700. The molecule has 2 aliphatic rings. The van der Waals surface area contributed by atoms with Crippen molar-refractivity contribution < 1.29 is 4.79 Å². The molecule has 2 rings (SSSR count). The van der Waals surface area contributed by atoms with Crippen LogP contribution in [-0.2, 0) is 4.79 Å². The van der Waals surface area contributed by atoms with Gasteiger partial charge in [0.2, 0.25) is 5.91 Å². The molecule has 0 aliphatic carbocycles. The van der Waals surface area contributed by atoms with Crippen LogP contribution in [0.1, 0.15) is 25.7 Å². The lowest BCUT2D eigenvalue weighted by Crippen LogP contribution is -2.46. The van der Waals surface area contributed by atoms with E-state index in [0.717, 1.165) is 32.2 Å². The fourth-order valence-electron chi connectivity index (χ4n) is 2.05. The molecule has 2 heterocycles. The Morgan fingerprint density at radius 1 is 1.27 bits per heavy atom. The molecule has 0 saturated carbocycles. The van der Waals surface area contributed by atoms with Gasteiger partial charge in [-0.25, -0.2) is 0 Å². The molecule has 0 spiro atoms. The van der Waals surface area contributed by atoms with Gasteiger partial charge in [-0.15, -0.1) is 12.4 Å². The number of halogens is 1. The first-order chi connectivity index (χ1) is 6.86. The summed E-state index contributed by atoms with van der Waals surface area (Å²) < 4.78 is 0. The van der Waals surface area contributed by atoms with Gasteiger partial charge in [0.25, 0.3) is 0 Å². The zero-order valence-corrected chi connectivity index (χ0v) is 10.5. The van der Waals surface area contributed by atoms with Crippen molar-refractivity contribution in [3.8, 4) is 0 Å². The minimum Gasteiger partial charge on any atom is -0.352 e. The zero-order chi connectivity index (χ0) is 9.80. The molecule has 5 heteroatoms. The summed E-state index contributed by atoms with van der Waals surface area (Å²) in [6.45, 7) is 0.999. The van der Waals surface area contributed by atoms with Crippen LogP contribution in [0.5, 0.6) is 0 Å². The zero-order valence-electron chi connectivity index (χ0n) is 8.83. The van der Waals surface area contributed by atoms with Gasteiger partial charge in [-0.1, -0.05) is 0 Å². The first-order valence-electron chi connectivity index (χ1n) is 5.48. The predicted molar refractivity (Wildman–Crippen MR) is 66.8 cm³/mol. The van der Waals surface area contributed by atoms with E-state index in [2.05, 4.69) is 10.6 Å². The quantitative estimate of drug-likeness (QED) is 0.773. The molecule has 1 atom stereocenters. The highest BCUT2D eigenvalue weighted by Gasteiger charge is 2.24. The maximum absolute atomic E-state index is 11.7. The van der Waals surface area contributed by atoms with Crippen LogP contribution < -0.4 is 10.6 Å². The van der Waals surface area contributed by atoms with Crippen LogP contribution in [0, 0.1) is 0 Å². The third kappa shape index (κ3) is 3.85. The van der Waals surface area contributed by atoms with Gasteiger partial charge in [-0.3, -0.25) is 4.79 Å². The van der Waals surface area contributed by atoms with E-state index in [1.165, 1.54) is 11.5 Å². The molecule has 88 valence electrons. The van der Waals surface area contributed by atoms with Crippen molar-refractivity contribution >= 4 is 30.1 Å². The highest BCUT2D eigenvalue weighted by molar-refractivity contribution is 7.99. The molecular formula is C10H19ClN2OS. The Kier molecular flexibility index (Phi) is 5.79. The summed E-state index contributed by atoms with van der Waals surface area (Å²) >= 11 is 1.99. The Bertz CT molecular complexity index is 204. The average molecular weight is 251 g/mol. The largest absolute Gasteiger partial charge is 0.352 e. The van der Waals surface area contributed by atoms with Crippen molar-refractivity contribution in [3.63, 3.8) is 0 Å². The van der Waals surface area contributed by atoms with E-state index in [1.54, 1.807) is 0 Å². The van der Waals surface area contributed by atoms with Crippen LogP contribution in [0.3, 0.4) is 0 Å². The van der Waals surface area contributed by atoms with E-state index in [-0.39, 0.29) is 24.4 Å². The summed E-state index contributed by atoms with van der Waals surface area (Å²) in [6, 6.07) is 0.524. The van der Waals surface area contributed by atoms with Gasteiger partial charge >= 0.3 is 0 Å². The summed E-state index contributed by atoms with van der Waals surface area (Å²) in [5, 5.41) is 6.37. The fourth-order valence-corrected chi connectivity index (χ4v) is 3.16. The first-order valence-corrected chi connectivity index (χ1v) is 6.63. The highest BCUT2D eigenvalue weighted by atomic mass is 35.5. The van der Waals surface area contributed by atoms with Gasteiger partial charge in [0, 0.05) is 6.04 Å². The smallest absolute Gasteiger partial charge is 0.237 e. The lowest BCUT2D eigenvalue weighted by Gasteiger charge is -2.24. The minimum absolute atomic E-state index is 0. The summed E-state index contributed by atoms with van der Waals surface area (Å²) in [5.41, 5.74) is 0. The molecule has 2 saturated heterocycles. The van der Waals surface area contributed by atoms with Crippen molar-refractivity contribution in [1.29, 1.82) is 0 Å². The van der Waals surface area contributed by atoms with Gasteiger partial charge in [-0.2, -0.15) is 11.8 Å². The van der Waals surface area contributed by atoms with Crippen LogP contribution in [0.15, 0.2) is 0 Å². The van der Waals surface area contributed by atoms with Crippen molar-refractivity contribution in [2.75, 3.05) is 18.1 Å². The maximum atomic E-state index is 11.7. The number of nitrogens with one attached hydrogen (secondary N) is 2. The first kappa shape index (κ1) is 13.1. The lowest BCUT2D eigenvalue weighted by molar-refractivity contribution is -0.123. The number of amides is 1. The van der Waals surface area contributed by atoms with Crippen LogP contribution in [-0.4, -0.2) is 36.0 Å². The van der Waals surface area contributed by atoms with E-state index in [0.29, 0.717) is 6.04 Å². The standard InChI is InChI=1S/C10H18N2OS.ClH/c13-10(9-2-1-5-11-9)12-8-3-6-14-7-4-8;/h8-9,11H,1-7H2,(H,12,13);1H. The molecule has 0 aromatic rings. The van der Waals surface area contributed by atoms with Crippen molar-refractivity contribution in [3.05, 3.63) is 0 Å². The van der Waals surface area contributed by atoms with Gasteiger partial charge in [-0.05, 0) is 43.7 Å². The van der Waals surface area contributed by atoms with Crippen LogP contribution >= 0.6 is 24.2 Å². The van der Waals surface area contributed by atoms with Gasteiger partial charge < -0.3 is 10.6 Å². The van der Waals surface area contributed by atoms with E-state index < -0.39 is 0 Å². The summed E-state index contributed by atoms with van der Waals surface area (Å²) in [6.07, 6.45) is 4.43. The molecule has 15 heavy (non-hydrogen) atoms. The average Bonchev–Trinajstić information content (AvgIpc) is 2.72. The Labute approximate surface area is 102 Å². The van der Waals surface area contributed by atoms with E-state index in [4.69, 9.17) is 0 Å². The molecule has 2 N–H and O–H groups in total. The molecule has 0 aromatic carbocycles. The minimum atomic E-state index is 0. The second-order valence-electron chi connectivity index (χ2n) is 4.04. The molecule has 0 radical (unpaired) electrons. The number of thioether (sulfide) groups is 1. The van der Waals surface area contributed by atoms with Crippen molar-refractivity contribution in [2.45, 2.75) is 37.8 Å². The number of carbonyl (C=O) groups is 1. The number of carbonyl (C=O) groups excluding carboxylic acids is 1. The molecular weight excluding hydrogens is 232 g/mol. The lowest BCUT2D eigenvalue weighted by atomic mass is 10.1. The fraction of sp³-hybridized carbons (Fsp3) is 0.900. The molecule has 1 amide bonds. The number of hydrogen-bond donors (Lipinski definition) is 2. The van der Waals surface area contributed by atoms with Gasteiger partial charge in [0.05, 0.1) is 6.04 Å². The van der Waals surface area contributed by atoms with Crippen molar-refractivity contribution in [1.82, 2.24) is 10.6 Å². The summed E-state index contributed by atoms with van der Waals surface area (Å²) in [7, 11) is 0. The van der Waals surface area contributed by atoms with Gasteiger partial charge in [0.1, 0.15) is 0 Å².